The lowest BCUT2D eigenvalue weighted by atomic mass is 10.0. The van der Waals surface area contributed by atoms with Gasteiger partial charge in [-0.3, -0.25) is 14.4 Å². The number of rotatable bonds is 4. The Morgan fingerprint density at radius 3 is 2.52 bits per heavy atom. The highest BCUT2D eigenvalue weighted by atomic mass is 16.6. The first-order chi connectivity index (χ1) is 15.6. The van der Waals surface area contributed by atoms with Gasteiger partial charge in [-0.25, -0.2) is 4.79 Å². The zero-order valence-corrected chi connectivity index (χ0v) is 19.2. The molecule has 0 unspecified atom stereocenters. The predicted molar refractivity (Wildman–Crippen MR) is 126 cm³/mol. The molecule has 8 heteroatoms. The van der Waals surface area contributed by atoms with Gasteiger partial charge < -0.3 is 14.7 Å². The molecule has 1 atom stereocenters. The van der Waals surface area contributed by atoms with Crippen molar-refractivity contribution in [2.75, 3.05) is 16.3 Å². The number of hydrogen-bond acceptors (Lipinski definition) is 5. The molecule has 0 saturated heterocycles. The fraction of sp³-hybridized carbons (Fsp3) is 0.320. The molecule has 1 N–H and O–H groups in total. The SMILES string of the molecule is CC(=O)N1c2ccc(-c3cnn(CC(C)(C)O)c3)cc2N(C(=O)Oc2ccccc2)C[C@@H]1C. The van der Waals surface area contributed by atoms with Crippen molar-refractivity contribution in [1.29, 1.82) is 0 Å². The standard InChI is InChI=1S/C25H28N4O4/c1-17-14-28(24(31)33-21-8-6-5-7-9-21)23-12-19(10-11-22(23)29(17)18(2)30)20-13-26-27(15-20)16-25(3,4)32/h5-13,15,17,32H,14,16H2,1-4H3/t17-/m0/s1. The topological polar surface area (TPSA) is 87.9 Å². The minimum atomic E-state index is -0.894. The molecule has 0 aliphatic carbocycles. The van der Waals surface area contributed by atoms with Gasteiger partial charge in [0.05, 0.1) is 35.8 Å². The van der Waals surface area contributed by atoms with Gasteiger partial charge in [0.25, 0.3) is 0 Å². The van der Waals surface area contributed by atoms with Crippen LogP contribution in [0.25, 0.3) is 11.1 Å². The zero-order valence-electron chi connectivity index (χ0n) is 19.2. The molecule has 0 spiro atoms. The molecule has 0 fully saturated rings. The van der Waals surface area contributed by atoms with E-state index >= 15 is 0 Å². The summed E-state index contributed by atoms with van der Waals surface area (Å²) in [6.07, 6.45) is 3.06. The van der Waals surface area contributed by atoms with Crippen molar-refractivity contribution in [3.05, 3.63) is 60.9 Å². The van der Waals surface area contributed by atoms with Gasteiger partial charge in [-0.15, -0.1) is 0 Å². The van der Waals surface area contributed by atoms with Crippen LogP contribution in [-0.2, 0) is 11.3 Å². The van der Waals surface area contributed by atoms with Crippen LogP contribution in [0.3, 0.4) is 0 Å². The van der Waals surface area contributed by atoms with Crippen molar-refractivity contribution in [3.8, 4) is 16.9 Å². The third-order valence-corrected chi connectivity index (χ3v) is 5.44. The average Bonchev–Trinajstić information content (AvgIpc) is 3.20. The van der Waals surface area contributed by atoms with Crippen LogP contribution < -0.4 is 14.5 Å². The number of carbonyl (C=O) groups excluding carboxylic acids is 2. The van der Waals surface area contributed by atoms with E-state index in [2.05, 4.69) is 5.10 Å². The molecule has 1 aliphatic rings. The van der Waals surface area contributed by atoms with Crippen LogP contribution >= 0.6 is 0 Å². The Kier molecular flexibility index (Phi) is 5.95. The van der Waals surface area contributed by atoms with Crippen LogP contribution in [-0.4, -0.2) is 45.1 Å². The van der Waals surface area contributed by atoms with E-state index in [9.17, 15) is 14.7 Å². The van der Waals surface area contributed by atoms with Gasteiger partial charge in [-0.05, 0) is 50.6 Å². The van der Waals surface area contributed by atoms with E-state index in [0.29, 0.717) is 30.2 Å². The number of amides is 2. The smallest absolute Gasteiger partial charge is 0.410 e. The molecule has 2 aromatic carbocycles. The lowest BCUT2D eigenvalue weighted by molar-refractivity contribution is -0.117. The summed E-state index contributed by atoms with van der Waals surface area (Å²) in [4.78, 5) is 28.8. The Morgan fingerprint density at radius 2 is 1.85 bits per heavy atom. The third-order valence-electron chi connectivity index (χ3n) is 5.44. The largest absolute Gasteiger partial charge is 0.419 e. The highest BCUT2D eigenvalue weighted by Crippen LogP contribution is 2.39. The summed E-state index contributed by atoms with van der Waals surface area (Å²) >= 11 is 0. The van der Waals surface area contributed by atoms with Crippen LogP contribution in [0, 0.1) is 0 Å². The summed E-state index contributed by atoms with van der Waals surface area (Å²) in [7, 11) is 0. The molecule has 1 aromatic heterocycles. The van der Waals surface area contributed by atoms with Crippen molar-refractivity contribution in [1.82, 2.24) is 9.78 Å². The molecule has 0 saturated carbocycles. The summed E-state index contributed by atoms with van der Waals surface area (Å²) in [5.41, 5.74) is 2.03. The van der Waals surface area contributed by atoms with Crippen LogP contribution in [0.2, 0.25) is 0 Å². The number of para-hydroxylation sites is 1. The molecule has 3 aromatic rings. The van der Waals surface area contributed by atoms with E-state index in [1.165, 1.54) is 6.92 Å². The van der Waals surface area contributed by atoms with E-state index in [1.807, 2.05) is 37.4 Å². The zero-order chi connectivity index (χ0) is 23.8. The van der Waals surface area contributed by atoms with E-state index in [0.717, 1.165) is 11.1 Å². The minimum Gasteiger partial charge on any atom is -0.410 e. The highest BCUT2D eigenvalue weighted by molar-refractivity contribution is 6.03. The maximum absolute atomic E-state index is 13.1. The molecular weight excluding hydrogens is 420 g/mol. The van der Waals surface area contributed by atoms with Crippen LogP contribution in [0.15, 0.2) is 60.9 Å². The molecule has 4 rings (SSSR count). The fourth-order valence-electron chi connectivity index (χ4n) is 4.10. The number of aromatic nitrogens is 2. The first-order valence-electron chi connectivity index (χ1n) is 10.9. The number of benzene rings is 2. The molecule has 1 aliphatic heterocycles. The maximum atomic E-state index is 13.1. The second-order valence-corrected chi connectivity index (χ2v) is 8.97. The molecular formula is C25H28N4O4. The maximum Gasteiger partial charge on any atom is 0.419 e. The summed E-state index contributed by atoms with van der Waals surface area (Å²) in [6, 6.07) is 14.3. The number of hydrogen-bond donors (Lipinski definition) is 1. The van der Waals surface area contributed by atoms with Gasteiger partial charge in [0.1, 0.15) is 5.75 Å². The Bertz CT molecular complexity index is 1170. The highest BCUT2D eigenvalue weighted by Gasteiger charge is 2.35. The van der Waals surface area contributed by atoms with Gasteiger partial charge in [0.2, 0.25) is 5.91 Å². The van der Waals surface area contributed by atoms with Crippen LogP contribution in [0.1, 0.15) is 27.7 Å². The van der Waals surface area contributed by atoms with Crippen molar-refractivity contribution < 1.29 is 19.4 Å². The van der Waals surface area contributed by atoms with Crippen molar-refractivity contribution in [2.45, 2.75) is 45.9 Å². The minimum absolute atomic E-state index is 0.0921. The van der Waals surface area contributed by atoms with E-state index in [-0.39, 0.29) is 11.9 Å². The van der Waals surface area contributed by atoms with Gasteiger partial charge >= 0.3 is 6.09 Å². The first-order valence-corrected chi connectivity index (χ1v) is 10.9. The number of anilines is 2. The second kappa shape index (κ2) is 8.71. The lowest BCUT2D eigenvalue weighted by Crippen LogP contribution is -2.52. The molecule has 2 heterocycles. The number of carbonyl (C=O) groups is 2. The monoisotopic (exact) mass is 448 g/mol. The van der Waals surface area contributed by atoms with Crippen molar-refractivity contribution in [3.63, 3.8) is 0 Å². The van der Waals surface area contributed by atoms with Gasteiger partial charge in [0.15, 0.2) is 0 Å². The van der Waals surface area contributed by atoms with Crippen molar-refractivity contribution >= 4 is 23.4 Å². The van der Waals surface area contributed by atoms with E-state index < -0.39 is 11.7 Å². The second-order valence-electron chi connectivity index (χ2n) is 8.97. The summed E-state index contributed by atoms with van der Waals surface area (Å²) in [6.45, 7) is 7.53. The molecule has 0 radical (unpaired) electrons. The van der Waals surface area contributed by atoms with Gasteiger partial charge in [-0.2, -0.15) is 5.10 Å². The Labute approximate surface area is 193 Å². The van der Waals surface area contributed by atoms with E-state index in [4.69, 9.17) is 4.74 Å². The Hall–Kier alpha value is -3.65. The number of nitrogens with zero attached hydrogens (tertiary/aromatic N) is 4. The molecule has 33 heavy (non-hydrogen) atoms. The number of fused-ring (bicyclic) bond motifs is 1. The molecule has 0 bridgehead atoms. The van der Waals surface area contributed by atoms with Crippen molar-refractivity contribution in [2.24, 2.45) is 0 Å². The van der Waals surface area contributed by atoms with Crippen LogP contribution in [0.5, 0.6) is 5.75 Å². The molecule has 2 amide bonds. The summed E-state index contributed by atoms with van der Waals surface area (Å²) < 4.78 is 7.28. The van der Waals surface area contributed by atoms with Gasteiger partial charge in [0, 0.05) is 25.2 Å². The quantitative estimate of drug-likeness (QED) is 0.650. The fourth-order valence-corrected chi connectivity index (χ4v) is 4.10. The summed E-state index contributed by atoms with van der Waals surface area (Å²) in [5, 5.41) is 14.4. The normalized spacial score (nSPS) is 15.8. The molecule has 172 valence electrons. The third kappa shape index (κ3) is 4.90. The lowest BCUT2D eigenvalue weighted by Gasteiger charge is -2.40. The van der Waals surface area contributed by atoms with E-state index in [1.54, 1.807) is 58.8 Å². The summed E-state index contributed by atoms with van der Waals surface area (Å²) in [5.74, 6) is 0.361. The predicted octanol–water partition coefficient (Wildman–Crippen LogP) is 4.08. The number of ether oxygens (including phenoxy) is 1. The Morgan fingerprint density at radius 1 is 1.12 bits per heavy atom. The average molecular weight is 449 g/mol. The molecule has 8 nitrogen and oxygen atoms in total. The number of aliphatic hydroxyl groups is 1. The van der Waals surface area contributed by atoms with Gasteiger partial charge in [-0.1, -0.05) is 24.3 Å². The van der Waals surface area contributed by atoms with Crippen LogP contribution in [0.4, 0.5) is 16.2 Å². The first kappa shape index (κ1) is 22.5. The Balaban J connectivity index is 1.71.